The van der Waals surface area contributed by atoms with Crippen molar-refractivity contribution in [3.63, 3.8) is 0 Å². The van der Waals surface area contributed by atoms with Gasteiger partial charge in [-0.1, -0.05) is 170 Å². The van der Waals surface area contributed by atoms with Crippen molar-refractivity contribution < 1.29 is 19.2 Å². The Morgan fingerprint density at radius 1 is 0.744 bits per heavy atom. The lowest BCUT2D eigenvalue weighted by molar-refractivity contribution is -0.118. The van der Waals surface area contributed by atoms with Crippen LogP contribution in [0.4, 0.5) is 0 Å². The average molecular weight is 677 g/mol. The second kappa shape index (κ2) is 19.0. The van der Waals surface area contributed by atoms with Crippen molar-refractivity contribution in [2.45, 2.75) is 151 Å². The molecule has 0 aromatic heterocycles. The summed E-state index contributed by atoms with van der Waals surface area (Å²) in [6.45, 7) is 30.9. The van der Waals surface area contributed by atoms with Gasteiger partial charge in [0.15, 0.2) is 20.5 Å². The van der Waals surface area contributed by atoms with Gasteiger partial charge in [-0.15, -0.1) is 0 Å². The Hall–Kier alpha value is 0.0800. The van der Waals surface area contributed by atoms with Gasteiger partial charge in [0, 0.05) is 28.9 Å². The lowest BCUT2D eigenvalue weighted by Gasteiger charge is -2.43. The summed E-state index contributed by atoms with van der Waals surface area (Å²) in [5.41, 5.74) is -0.767. The van der Waals surface area contributed by atoms with Crippen molar-refractivity contribution in [1.82, 2.24) is 0 Å². The highest BCUT2D eigenvalue weighted by Crippen LogP contribution is 2.59. The number of thioether (sulfide) groups is 4. The molecule has 0 aliphatic carbocycles. The Kier molecular flexibility index (Phi) is 19.1. The van der Waals surface area contributed by atoms with Crippen molar-refractivity contribution in [2.75, 3.05) is 0 Å². The molecule has 0 aliphatic rings. The molecule has 0 heterocycles. The molecule has 252 valence electrons. The third-order valence-electron chi connectivity index (χ3n) is 8.96. The van der Waals surface area contributed by atoms with Gasteiger partial charge in [0.05, 0.1) is 0 Å². The van der Waals surface area contributed by atoms with E-state index in [2.05, 4.69) is 76.2 Å². The van der Waals surface area contributed by atoms with Gasteiger partial charge in [-0.05, 0) is 41.9 Å². The standard InChI is InChI=1S/C35H64O4S4/c1-16-19-34(14,15)32(39)40-29(26(10)23(6)7)35(41-28(36)21-33(12,13)18-3,42-30(37)25(9)20-22(4)5)43-31(38)27(11)24(8)17-2/h22-27,29H,16-21H2,1-15H3. The molecule has 0 fully saturated rings. The molecule has 4 nitrogen and oxygen atoms in total. The highest BCUT2D eigenvalue weighted by Gasteiger charge is 2.52. The molecule has 0 aliphatic heterocycles. The second-order valence-electron chi connectivity index (χ2n) is 14.9. The van der Waals surface area contributed by atoms with Gasteiger partial charge >= 0.3 is 0 Å². The fourth-order valence-corrected chi connectivity index (χ4v) is 11.9. The zero-order valence-electron chi connectivity index (χ0n) is 30.1. The summed E-state index contributed by atoms with van der Waals surface area (Å²) in [5.74, 6) is 0.162. The quantitative estimate of drug-likeness (QED) is 0.125. The van der Waals surface area contributed by atoms with Gasteiger partial charge in [0.25, 0.3) is 0 Å². The molecular weight excluding hydrogens is 613 g/mol. The maximum Gasteiger partial charge on any atom is 0.194 e. The van der Waals surface area contributed by atoms with E-state index in [9.17, 15) is 19.2 Å². The van der Waals surface area contributed by atoms with Crippen LogP contribution in [0.15, 0.2) is 0 Å². The van der Waals surface area contributed by atoms with E-state index in [1.54, 1.807) is 0 Å². The minimum absolute atomic E-state index is 0.0111. The normalized spacial score (nSPS) is 17.7. The van der Waals surface area contributed by atoms with Gasteiger partial charge in [-0.3, -0.25) is 19.2 Å². The van der Waals surface area contributed by atoms with Crippen LogP contribution in [-0.2, 0) is 19.2 Å². The molecule has 0 saturated heterocycles. The van der Waals surface area contributed by atoms with E-state index in [1.165, 1.54) is 11.8 Å². The van der Waals surface area contributed by atoms with Gasteiger partial charge < -0.3 is 0 Å². The second-order valence-corrected chi connectivity index (χ2v) is 20.6. The van der Waals surface area contributed by atoms with Crippen LogP contribution in [0.1, 0.15) is 142 Å². The summed E-state index contributed by atoms with van der Waals surface area (Å²) in [6, 6.07) is 0. The minimum atomic E-state index is -1.17. The number of rotatable bonds is 19. The molecule has 0 aromatic rings. The van der Waals surface area contributed by atoms with Gasteiger partial charge in [0.2, 0.25) is 0 Å². The van der Waals surface area contributed by atoms with E-state index in [4.69, 9.17) is 0 Å². The van der Waals surface area contributed by atoms with E-state index >= 15 is 0 Å². The molecule has 0 N–H and O–H groups in total. The highest BCUT2D eigenvalue weighted by atomic mass is 32.3. The van der Waals surface area contributed by atoms with Crippen molar-refractivity contribution in [3.05, 3.63) is 0 Å². The number of carbonyl (C=O) groups is 4. The monoisotopic (exact) mass is 676 g/mol. The Bertz CT molecular complexity index is 914. The fourth-order valence-electron chi connectivity index (χ4n) is 4.66. The van der Waals surface area contributed by atoms with Crippen LogP contribution in [-0.4, -0.2) is 29.1 Å². The van der Waals surface area contributed by atoms with Crippen LogP contribution in [0.3, 0.4) is 0 Å². The third kappa shape index (κ3) is 14.2. The summed E-state index contributed by atoms with van der Waals surface area (Å²) in [6.07, 6.45) is 4.40. The van der Waals surface area contributed by atoms with Gasteiger partial charge in [-0.2, -0.15) is 0 Å². The molecule has 0 amide bonds. The predicted octanol–water partition coefficient (Wildman–Crippen LogP) is 11.4. The SMILES string of the molecule is CCCC(C)(C)C(=O)SC(C(C)C(C)C)C(SC(=O)CC(C)(C)CC)(SC(=O)C(C)CC(C)C)SC(=O)C(C)C(C)CC. The topological polar surface area (TPSA) is 68.3 Å². The predicted molar refractivity (Wildman–Crippen MR) is 196 cm³/mol. The molecule has 6 unspecified atom stereocenters. The first-order valence-electron chi connectivity index (χ1n) is 16.5. The molecule has 0 radical (unpaired) electrons. The van der Waals surface area contributed by atoms with E-state index in [-0.39, 0.29) is 55.5 Å². The Morgan fingerprint density at radius 3 is 1.72 bits per heavy atom. The molecule has 0 saturated carbocycles. The smallest absolute Gasteiger partial charge is 0.194 e. The maximum absolute atomic E-state index is 14.1. The molecule has 0 aromatic carbocycles. The van der Waals surface area contributed by atoms with Crippen LogP contribution in [0, 0.1) is 46.3 Å². The van der Waals surface area contributed by atoms with Crippen LogP contribution in [0.25, 0.3) is 0 Å². The molecule has 6 atom stereocenters. The van der Waals surface area contributed by atoms with Crippen LogP contribution < -0.4 is 0 Å². The van der Waals surface area contributed by atoms with E-state index in [1.807, 2.05) is 27.7 Å². The summed E-state index contributed by atoms with van der Waals surface area (Å²) in [4.78, 5) is 56.2. The molecule has 0 rings (SSSR count). The minimum Gasteiger partial charge on any atom is -0.287 e. The Morgan fingerprint density at radius 2 is 1.28 bits per heavy atom. The van der Waals surface area contributed by atoms with E-state index in [0.29, 0.717) is 12.3 Å². The van der Waals surface area contributed by atoms with Crippen molar-refractivity contribution in [3.8, 4) is 0 Å². The highest BCUT2D eigenvalue weighted by molar-refractivity contribution is 8.46. The molecule has 43 heavy (non-hydrogen) atoms. The summed E-state index contributed by atoms with van der Waals surface area (Å²) in [7, 11) is 0. The molecule has 0 bridgehead atoms. The number of hydrogen-bond donors (Lipinski definition) is 0. The number of hydrogen-bond acceptors (Lipinski definition) is 8. The molecular formula is C35H64O4S4. The Balaban J connectivity index is 7.40. The average Bonchev–Trinajstić information content (AvgIpc) is 2.88. The largest absolute Gasteiger partial charge is 0.287 e. The maximum atomic E-state index is 14.1. The molecule has 8 heteroatoms. The van der Waals surface area contributed by atoms with Crippen molar-refractivity contribution >= 4 is 67.5 Å². The first-order chi connectivity index (χ1) is 19.6. The lowest BCUT2D eigenvalue weighted by atomic mass is 9.87. The summed E-state index contributed by atoms with van der Waals surface area (Å²) >= 11 is 4.76. The Labute approximate surface area is 282 Å². The van der Waals surface area contributed by atoms with Gasteiger partial charge in [0.1, 0.15) is 3.41 Å². The fraction of sp³-hybridized carbons (Fsp3) is 0.886. The van der Waals surface area contributed by atoms with Crippen LogP contribution in [0.5, 0.6) is 0 Å². The molecule has 0 spiro atoms. The summed E-state index contributed by atoms with van der Waals surface area (Å²) < 4.78 is -1.17. The first kappa shape index (κ1) is 43.1. The van der Waals surface area contributed by atoms with Gasteiger partial charge in [-0.25, -0.2) is 0 Å². The zero-order valence-corrected chi connectivity index (χ0v) is 33.3. The summed E-state index contributed by atoms with van der Waals surface area (Å²) in [5, 5.41) is -0.426. The third-order valence-corrected chi connectivity index (χ3v) is 15.9. The van der Waals surface area contributed by atoms with Crippen molar-refractivity contribution in [1.29, 1.82) is 0 Å². The van der Waals surface area contributed by atoms with Crippen molar-refractivity contribution in [2.24, 2.45) is 46.3 Å². The van der Waals surface area contributed by atoms with E-state index in [0.717, 1.165) is 67.4 Å². The zero-order chi connectivity index (χ0) is 33.9. The lowest BCUT2D eigenvalue weighted by Crippen LogP contribution is -2.43. The van der Waals surface area contributed by atoms with E-state index < -0.39 is 14.1 Å². The number of carbonyl (C=O) groups excluding carboxylic acids is 4. The first-order valence-corrected chi connectivity index (χ1v) is 19.8. The van der Waals surface area contributed by atoms with Crippen LogP contribution in [0.2, 0.25) is 0 Å². The van der Waals surface area contributed by atoms with Crippen LogP contribution >= 0.6 is 47.0 Å².